The number of hydrogen-bond donors (Lipinski definition) is 1. The monoisotopic (exact) mass is 356 g/mol. The van der Waals surface area contributed by atoms with Gasteiger partial charge in [-0.1, -0.05) is 0 Å². The maximum Gasteiger partial charge on any atom is 0.146 e. The molecule has 5 nitrogen and oxygen atoms in total. The Hall–Kier alpha value is -1.18. The zero-order valence-electron chi connectivity index (χ0n) is 9.77. The maximum atomic E-state index is 11.3. The number of carbonyl (C=O) groups excluding carboxylic acids is 1. The molecule has 0 spiro atoms. The van der Waals surface area contributed by atoms with Crippen LogP contribution in [0.25, 0.3) is 11.0 Å². The molecule has 0 unspecified atom stereocenters. The van der Waals surface area contributed by atoms with E-state index in [1.807, 2.05) is 0 Å². The van der Waals surface area contributed by atoms with Crippen LogP contribution in [0.1, 0.15) is 31.7 Å². The number of nitrogen functional groups attached to an aromatic ring is 1. The molecule has 0 amide bonds. The number of aromatic nitrogens is 3. The quantitative estimate of drug-likeness (QED) is 0.796. The smallest absolute Gasteiger partial charge is 0.146 e. The van der Waals surface area contributed by atoms with Gasteiger partial charge in [0, 0.05) is 28.7 Å². The Morgan fingerprint density at radius 2 is 2.06 bits per heavy atom. The normalized spacial score (nSPS) is 17.5. The fourth-order valence-electron chi connectivity index (χ4n) is 2.54. The lowest BCUT2D eigenvalue weighted by Crippen LogP contribution is -2.17. The number of fused-ring (bicyclic) bond motifs is 1. The summed E-state index contributed by atoms with van der Waals surface area (Å²) in [5.74, 6) is 0.890. The van der Waals surface area contributed by atoms with Crippen LogP contribution >= 0.6 is 22.6 Å². The summed E-state index contributed by atoms with van der Waals surface area (Å²) >= 11 is 2.26. The van der Waals surface area contributed by atoms with E-state index in [0.717, 1.165) is 27.4 Å². The van der Waals surface area contributed by atoms with Gasteiger partial charge in [0.15, 0.2) is 0 Å². The first-order valence-corrected chi connectivity index (χ1v) is 7.03. The highest BCUT2D eigenvalue weighted by Crippen LogP contribution is 2.33. The van der Waals surface area contributed by atoms with Crippen molar-refractivity contribution in [3.05, 3.63) is 16.1 Å². The minimum Gasteiger partial charge on any atom is -0.383 e. The Morgan fingerprint density at radius 1 is 1.33 bits per heavy atom. The standard InChI is InChI=1S/C12H13IN4O/c13-9-5-17(7-1-3-8(18)4-2-7)12-10(9)11(14)15-6-16-12/h5-7H,1-4H2,(H2,14,15,16). The van der Waals surface area contributed by atoms with E-state index >= 15 is 0 Å². The summed E-state index contributed by atoms with van der Waals surface area (Å²) in [7, 11) is 0. The van der Waals surface area contributed by atoms with Gasteiger partial charge < -0.3 is 10.3 Å². The zero-order chi connectivity index (χ0) is 12.7. The van der Waals surface area contributed by atoms with Crippen LogP contribution in [0.4, 0.5) is 5.82 Å². The van der Waals surface area contributed by atoms with Gasteiger partial charge in [0.2, 0.25) is 0 Å². The summed E-state index contributed by atoms with van der Waals surface area (Å²) in [5.41, 5.74) is 6.78. The summed E-state index contributed by atoms with van der Waals surface area (Å²) in [4.78, 5) is 19.7. The van der Waals surface area contributed by atoms with Gasteiger partial charge in [0.05, 0.1) is 5.39 Å². The van der Waals surface area contributed by atoms with Crippen LogP contribution in [0.3, 0.4) is 0 Å². The van der Waals surface area contributed by atoms with E-state index in [0.29, 0.717) is 30.5 Å². The molecular formula is C12H13IN4O. The van der Waals surface area contributed by atoms with E-state index in [4.69, 9.17) is 5.73 Å². The van der Waals surface area contributed by atoms with Crippen LogP contribution < -0.4 is 5.73 Å². The molecule has 6 heteroatoms. The largest absolute Gasteiger partial charge is 0.383 e. The second kappa shape index (κ2) is 4.49. The number of carbonyl (C=O) groups is 1. The number of rotatable bonds is 1. The molecule has 2 heterocycles. The van der Waals surface area contributed by atoms with Crippen molar-refractivity contribution in [2.24, 2.45) is 0 Å². The summed E-state index contributed by atoms with van der Waals surface area (Å²) in [6.45, 7) is 0. The Labute approximate surface area is 118 Å². The molecule has 1 aliphatic carbocycles. The minimum absolute atomic E-state index is 0.350. The topological polar surface area (TPSA) is 73.8 Å². The zero-order valence-corrected chi connectivity index (χ0v) is 11.9. The van der Waals surface area contributed by atoms with Crippen molar-refractivity contribution in [2.75, 3.05) is 5.73 Å². The number of ketones is 1. The first-order valence-electron chi connectivity index (χ1n) is 5.95. The maximum absolute atomic E-state index is 11.3. The van der Waals surface area contributed by atoms with Crippen molar-refractivity contribution in [1.29, 1.82) is 0 Å². The highest BCUT2D eigenvalue weighted by atomic mass is 127. The van der Waals surface area contributed by atoms with E-state index in [1.54, 1.807) is 0 Å². The Balaban J connectivity index is 2.07. The van der Waals surface area contributed by atoms with Crippen molar-refractivity contribution in [3.8, 4) is 0 Å². The predicted molar refractivity (Wildman–Crippen MR) is 77.2 cm³/mol. The van der Waals surface area contributed by atoms with Crippen molar-refractivity contribution < 1.29 is 4.79 Å². The molecule has 0 bridgehead atoms. The Morgan fingerprint density at radius 3 is 2.78 bits per heavy atom. The van der Waals surface area contributed by atoms with Crippen LogP contribution in [0.2, 0.25) is 0 Å². The summed E-state index contributed by atoms with van der Waals surface area (Å²) < 4.78 is 3.22. The van der Waals surface area contributed by atoms with Crippen molar-refractivity contribution in [3.63, 3.8) is 0 Å². The average Bonchev–Trinajstić information content (AvgIpc) is 2.69. The first kappa shape index (κ1) is 11.9. The van der Waals surface area contributed by atoms with Gasteiger partial charge in [-0.25, -0.2) is 9.97 Å². The lowest BCUT2D eigenvalue weighted by atomic mass is 9.94. The first-order chi connectivity index (χ1) is 8.66. The molecule has 0 radical (unpaired) electrons. The van der Waals surface area contributed by atoms with Gasteiger partial charge in [0.25, 0.3) is 0 Å². The number of nitrogens with two attached hydrogens (primary N) is 1. The number of anilines is 1. The van der Waals surface area contributed by atoms with Crippen molar-refractivity contribution in [2.45, 2.75) is 31.7 Å². The Kier molecular flexibility index (Phi) is 2.96. The van der Waals surface area contributed by atoms with E-state index in [2.05, 4.69) is 43.3 Å². The molecule has 1 aliphatic rings. The molecule has 3 rings (SSSR count). The third kappa shape index (κ3) is 1.88. The molecule has 0 atom stereocenters. The van der Waals surface area contributed by atoms with Gasteiger partial charge in [-0.3, -0.25) is 4.79 Å². The molecule has 18 heavy (non-hydrogen) atoms. The number of Topliss-reactive ketones (excluding diaryl/α,β-unsaturated/α-hetero) is 1. The minimum atomic E-state index is 0.350. The molecule has 1 saturated carbocycles. The van der Waals surface area contributed by atoms with E-state index in [9.17, 15) is 4.79 Å². The molecule has 0 aromatic carbocycles. The van der Waals surface area contributed by atoms with Crippen LogP contribution in [-0.4, -0.2) is 20.3 Å². The Bertz CT molecular complexity index is 612. The van der Waals surface area contributed by atoms with Gasteiger partial charge >= 0.3 is 0 Å². The summed E-state index contributed by atoms with van der Waals surface area (Å²) in [6.07, 6.45) is 6.68. The lowest BCUT2D eigenvalue weighted by Gasteiger charge is -2.23. The molecule has 2 aromatic heterocycles. The number of halogens is 1. The second-order valence-electron chi connectivity index (χ2n) is 4.61. The average molecular weight is 356 g/mol. The second-order valence-corrected chi connectivity index (χ2v) is 5.77. The third-order valence-electron chi connectivity index (χ3n) is 3.50. The van der Waals surface area contributed by atoms with Gasteiger partial charge in [-0.2, -0.15) is 0 Å². The molecule has 2 N–H and O–H groups in total. The van der Waals surface area contributed by atoms with Gasteiger partial charge in [0.1, 0.15) is 23.6 Å². The van der Waals surface area contributed by atoms with Crippen LogP contribution in [-0.2, 0) is 4.79 Å². The SMILES string of the molecule is Nc1ncnc2c1c(I)cn2C1CCC(=O)CC1. The van der Waals surface area contributed by atoms with Gasteiger partial charge in [-0.15, -0.1) is 0 Å². The van der Waals surface area contributed by atoms with Crippen molar-refractivity contribution >= 4 is 45.2 Å². The fourth-order valence-corrected chi connectivity index (χ4v) is 3.36. The van der Waals surface area contributed by atoms with Crippen LogP contribution in [0.5, 0.6) is 0 Å². The van der Waals surface area contributed by atoms with E-state index in [1.165, 1.54) is 6.33 Å². The molecule has 0 aliphatic heterocycles. The van der Waals surface area contributed by atoms with Crippen LogP contribution in [0, 0.1) is 3.57 Å². The van der Waals surface area contributed by atoms with E-state index < -0.39 is 0 Å². The number of hydrogen-bond acceptors (Lipinski definition) is 4. The fraction of sp³-hybridized carbons (Fsp3) is 0.417. The van der Waals surface area contributed by atoms with Crippen LogP contribution in [0.15, 0.2) is 12.5 Å². The molecule has 94 valence electrons. The van der Waals surface area contributed by atoms with Crippen molar-refractivity contribution in [1.82, 2.24) is 14.5 Å². The molecular weight excluding hydrogens is 343 g/mol. The molecule has 2 aromatic rings. The molecule has 0 saturated heterocycles. The predicted octanol–water partition coefficient (Wildman–Crippen LogP) is 2.30. The summed E-state index contributed by atoms with van der Waals surface area (Å²) in [5, 5.41) is 0.926. The highest BCUT2D eigenvalue weighted by molar-refractivity contribution is 14.1. The van der Waals surface area contributed by atoms with Gasteiger partial charge in [-0.05, 0) is 35.4 Å². The number of nitrogens with zero attached hydrogens (tertiary/aromatic N) is 3. The third-order valence-corrected chi connectivity index (χ3v) is 4.32. The summed E-state index contributed by atoms with van der Waals surface area (Å²) in [6, 6.07) is 0.350. The lowest BCUT2D eigenvalue weighted by molar-refractivity contribution is -0.120. The van der Waals surface area contributed by atoms with E-state index in [-0.39, 0.29) is 0 Å². The highest BCUT2D eigenvalue weighted by Gasteiger charge is 2.23. The molecule has 1 fully saturated rings.